The molecule has 20 heavy (non-hydrogen) atoms. The van der Waals surface area contributed by atoms with E-state index in [2.05, 4.69) is 5.32 Å². The molecular formula is C15H21NO4. The van der Waals surface area contributed by atoms with Crippen LogP contribution in [0.2, 0.25) is 0 Å². The van der Waals surface area contributed by atoms with E-state index in [0.717, 1.165) is 18.5 Å². The molecule has 110 valence electrons. The lowest BCUT2D eigenvalue weighted by atomic mass is 10.1. The zero-order chi connectivity index (χ0) is 15.0. The highest BCUT2D eigenvalue weighted by molar-refractivity contribution is 5.85. The van der Waals surface area contributed by atoms with E-state index in [1.165, 1.54) is 0 Å². The monoisotopic (exact) mass is 279 g/mol. The average Bonchev–Trinajstić information content (AvgIpc) is 2.46. The Labute approximate surface area is 119 Å². The molecule has 0 aliphatic carbocycles. The van der Waals surface area contributed by atoms with E-state index >= 15 is 0 Å². The Morgan fingerprint density at radius 2 is 2.00 bits per heavy atom. The predicted octanol–water partition coefficient (Wildman–Crippen LogP) is 1.87. The zero-order valence-corrected chi connectivity index (χ0v) is 12.1. The van der Waals surface area contributed by atoms with Gasteiger partial charge >= 0.3 is 5.97 Å². The summed E-state index contributed by atoms with van der Waals surface area (Å²) in [6.07, 6.45) is 2.50. The summed E-state index contributed by atoms with van der Waals surface area (Å²) in [6.45, 7) is 2.89. The molecule has 1 rings (SSSR count). The molecule has 0 bridgehead atoms. The Bertz CT molecular complexity index is 483. The number of nitrogens with one attached hydrogen (secondary N) is 1. The van der Waals surface area contributed by atoms with Crippen LogP contribution in [0.4, 0.5) is 0 Å². The van der Waals surface area contributed by atoms with E-state index in [1.807, 2.05) is 18.2 Å². The molecule has 5 heteroatoms. The van der Waals surface area contributed by atoms with Crippen LogP contribution >= 0.6 is 0 Å². The fourth-order valence-electron chi connectivity index (χ4n) is 1.68. The Hall–Kier alpha value is -2.01. The molecule has 2 N–H and O–H groups in total. The second-order valence-corrected chi connectivity index (χ2v) is 4.34. The number of rotatable bonds is 8. The quantitative estimate of drug-likeness (QED) is 0.561. The number of hydrogen-bond acceptors (Lipinski definition) is 4. The highest BCUT2D eigenvalue weighted by atomic mass is 16.5. The molecule has 0 aliphatic heterocycles. The molecule has 0 spiro atoms. The van der Waals surface area contributed by atoms with Crippen LogP contribution in [0.25, 0.3) is 0 Å². The number of methoxy groups -OCH3 is 2. The minimum Gasteiger partial charge on any atom is -0.493 e. The first-order valence-electron chi connectivity index (χ1n) is 6.40. The number of carbonyl (C=O) groups is 1. The molecule has 0 amide bonds. The average molecular weight is 279 g/mol. The standard InChI is InChI=1S/C15H21NO4/c1-11(15(17)18)6-8-16-9-7-12-4-5-13(19-2)14(10-12)20-3/h4-6,10,16H,7-9H2,1-3H3,(H,17,18)/b11-6-. The third-order valence-electron chi connectivity index (χ3n) is 2.93. The lowest BCUT2D eigenvalue weighted by Crippen LogP contribution is -2.18. The Morgan fingerprint density at radius 3 is 2.60 bits per heavy atom. The van der Waals surface area contributed by atoms with Crippen LogP contribution in [0.1, 0.15) is 12.5 Å². The van der Waals surface area contributed by atoms with Gasteiger partial charge in [0, 0.05) is 12.1 Å². The first-order chi connectivity index (χ1) is 9.58. The normalized spacial score (nSPS) is 11.2. The molecular weight excluding hydrogens is 258 g/mol. The molecule has 1 aromatic carbocycles. The van der Waals surface area contributed by atoms with Gasteiger partial charge in [0.05, 0.1) is 14.2 Å². The molecule has 0 saturated heterocycles. The molecule has 0 radical (unpaired) electrons. The molecule has 1 aromatic rings. The topological polar surface area (TPSA) is 67.8 Å². The van der Waals surface area contributed by atoms with Crippen molar-refractivity contribution in [3.63, 3.8) is 0 Å². The Morgan fingerprint density at radius 1 is 1.30 bits per heavy atom. The SMILES string of the molecule is COc1ccc(CCNC/C=C(/C)C(=O)O)cc1OC. The van der Waals surface area contributed by atoms with Gasteiger partial charge in [-0.3, -0.25) is 0 Å². The highest BCUT2D eigenvalue weighted by Crippen LogP contribution is 2.27. The largest absolute Gasteiger partial charge is 0.493 e. The summed E-state index contributed by atoms with van der Waals surface area (Å²) in [5, 5.41) is 11.9. The predicted molar refractivity (Wildman–Crippen MR) is 77.5 cm³/mol. The molecule has 0 aliphatic rings. The van der Waals surface area contributed by atoms with E-state index in [0.29, 0.717) is 23.6 Å². The maximum atomic E-state index is 10.6. The first kappa shape index (κ1) is 16.0. The summed E-state index contributed by atoms with van der Waals surface area (Å²) in [6, 6.07) is 5.81. The highest BCUT2D eigenvalue weighted by Gasteiger charge is 2.04. The Kier molecular flexibility index (Phi) is 6.59. The lowest BCUT2D eigenvalue weighted by molar-refractivity contribution is -0.132. The van der Waals surface area contributed by atoms with Crippen molar-refractivity contribution in [2.75, 3.05) is 27.3 Å². The lowest BCUT2D eigenvalue weighted by Gasteiger charge is -2.09. The van der Waals surface area contributed by atoms with Gasteiger partial charge in [-0.05, 0) is 37.6 Å². The smallest absolute Gasteiger partial charge is 0.330 e. The van der Waals surface area contributed by atoms with Crippen LogP contribution < -0.4 is 14.8 Å². The molecule has 0 atom stereocenters. The van der Waals surface area contributed by atoms with Crippen molar-refractivity contribution in [3.05, 3.63) is 35.4 Å². The van der Waals surface area contributed by atoms with E-state index in [1.54, 1.807) is 27.2 Å². The summed E-state index contributed by atoms with van der Waals surface area (Å²) in [7, 11) is 3.22. The first-order valence-corrected chi connectivity index (χ1v) is 6.40. The van der Waals surface area contributed by atoms with E-state index in [4.69, 9.17) is 14.6 Å². The van der Waals surface area contributed by atoms with Crippen molar-refractivity contribution in [3.8, 4) is 11.5 Å². The second-order valence-electron chi connectivity index (χ2n) is 4.34. The van der Waals surface area contributed by atoms with Gasteiger partial charge in [-0.25, -0.2) is 4.79 Å². The molecule has 0 unspecified atom stereocenters. The summed E-state index contributed by atoms with van der Waals surface area (Å²) < 4.78 is 10.4. The number of benzene rings is 1. The molecule has 0 saturated carbocycles. The zero-order valence-electron chi connectivity index (χ0n) is 12.1. The number of hydrogen-bond donors (Lipinski definition) is 2. The van der Waals surface area contributed by atoms with Gasteiger partial charge in [-0.1, -0.05) is 12.1 Å². The fraction of sp³-hybridized carbons (Fsp3) is 0.400. The van der Waals surface area contributed by atoms with Crippen molar-refractivity contribution < 1.29 is 19.4 Å². The van der Waals surface area contributed by atoms with Gasteiger partial charge in [-0.2, -0.15) is 0 Å². The summed E-state index contributed by atoms with van der Waals surface area (Å²) in [4.78, 5) is 10.6. The number of aliphatic carboxylic acids is 1. The van der Waals surface area contributed by atoms with Crippen LogP contribution in [0.3, 0.4) is 0 Å². The summed E-state index contributed by atoms with van der Waals surface area (Å²) >= 11 is 0. The second kappa shape index (κ2) is 8.22. The number of carboxylic acids is 1. The number of ether oxygens (including phenoxy) is 2. The summed E-state index contributed by atoms with van der Waals surface area (Å²) in [5.74, 6) is 0.544. The summed E-state index contributed by atoms with van der Waals surface area (Å²) in [5.41, 5.74) is 1.48. The van der Waals surface area contributed by atoms with E-state index < -0.39 is 5.97 Å². The minimum absolute atomic E-state index is 0.351. The van der Waals surface area contributed by atoms with E-state index in [9.17, 15) is 4.79 Å². The van der Waals surface area contributed by atoms with Crippen LogP contribution in [0, 0.1) is 0 Å². The van der Waals surface area contributed by atoms with Crippen molar-refractivity contribution in [1.82, 2.24) is 5.32 Å². The number of carboxylic acid groups (broad SMARTS) is 1. The van der Waals surface area contributed by atoms with Gasteiger partial charge in [-0.15, -0.1) is 0 Å². The molecule has 0 heterocycles. The van der Waals surface area contributed by atoms with Gasteiger partial charge in [0.25, 0.3) is 0 Å². The third-order valence-corrected chi connectivity index (χ3v) is 2.93. The molecule has 0 aromatic heterocycles. The van der Waals surface area contributed by atoms with Crippen LogP contribution in [0.15, 0.2) is 29.8 Å². The van der Waals surface area contributed by atoms with Gasteiger partial charge < -0.3 is 19.9 Å². The van der Waals surface area contributed by atoms with Crippen LogP contribution in [0.5, 0.6) is 11.5 Å². The van der Waals surface area contributed by atoms with Crippen LogP contribution in [-0.2, 0) is 11.2 Å². The van der Waals surface area contributed by atoms with Crippen molar-refractivity contribution >= 4 is 5.97 Å². The van der Waals surface area contributed by atoms with Gasteiger partial charge in [0.2, 0.25) is 0 Å². The van der Waals surface area contributed by atoms with Crippen LogP contribution in [-0.4, -0.2) is 38.4 Å². The van der Waals surface area contributed by atoms with E-state index in [-0.39, 0.29) is 0 Å². The van der Waals surface area contributed by atoms with Crippen molar-refractivity contribution in [2.24, 2.45) is 0 Å². The third kappa shape index (κ3) is 4.93. The minimum atomic E-state index is -0.883. The van der Waals surface area contributed by atoms with Crippen molar-refractivity contribution in [1.29, 1.82) is 0 Å². The van der Waals surface area contributed by atoms with Gasteiger partial charge in [0.1, 0.15) is 0 Å². The van der Waals surface area contributed by atoms with Gasteiger partial charge in [0.15, 0.2) is 11.5 Å². The van der Waals surface area contributed by atoms with Crippen molar-refractivity contribution in [2.45, 2.75) is 13.3 Å². The maximum absolute atomic E-state index is 10.6. The molecule has 5 nitrogen and oxygen atoms in total. The Balaban J connectivity index is 2.43. The molecule has 0 fully saturated rings. The maximum Gasteiger partial charge on any atom is 0.330 e. The fourth-order valence-corrected chi connectivity index (χ4v) is 1.68.